The summed E-state index contributed by atoms with van der Waals surface area (Å²) >= 11 is 0. The first kappa shape index (κ1) is 12.8. The van der Waals surface area contributed by atoms with Crippen LogP contribution in [-0.4, -0.2) is 22.6 Å². The molecule has 1 aromatic heterocycles. The van der Waals surface area contributed by atoms with E-state index < -0.39 is 0 Å². The monoisotopic (exact) mass is 226 g/mol. The van der Waals surface area contributed by atoms with E-state index in [4.69, 9.17) is 5.73 Å². The topological polar surface area (TPSA) is 63.8 Å². The number of aryl methyl sites for hydroxylation is 1. The fraction of sp³-hybridized carbons (Fsp3) is 0.636. The molecule has 1 heterocycles. The Morgan fingerprint density at radius 1 is 1.44 bits per heavy atom. The Bertz CT molecular complexity index is 330. The summed E-state index contributed by atoms with van der Waals surface area (Å²) in [5, 5.41) is 2.92. The molecule has 0 fully saturated rings. The van der Waals surface area contributed by atoms with Crippen molar-refractivity contribution in [2.45, 2.75) is 39.2 Å². The maximum absolute atomic E-state index is 13.7. The normalized spacial score (nSPS) is 12.5. The second-order valence-corrected chi connectivity index (χ2v) is 3.77. The molecule has 1 unspecified atom stereocenters. The van der Waals surface area contributed by atoms with Crippen LogP contribution in [0.1, 0.15) is 32.4 Å². The second kappa shape index (κ2) is 6.37. The van der Waals surface area contributed by atoms with Crippen LogP contribution in [0.5, 0.6) is 0 Å². The van der Waals surface area contributed by atoms with Gasteiger partial charge < -0.3 is 11.1 Å². The summed E-state index contributed by atoms with van der Waals surface area (Å²) in [5.41, 5.74) is 6.26. The largest absolute Gasteiger partial charge is 0.366 e. The zero-order valence-electron chi connectivity index (χ0n) is 9.83. The van der Waals surface area contributed by atoms with Crippen LogP contribution in [0, 0.1) is 5.82 Å². The van der Waals surface area contributed by atoms with Gasteiger partial charge in [-0.25, -0.2) is 14.4 Å². The molecule has 1 rings (SSSR count). The zero-order chi connectivity index (χ0) is 12.0. The molecule has 3 N–H and O–H groups in total. The minimum Gasteiger partial charge on any atom is -0.366 e. The van der Waals surface area contributed by atoms with Gasteiger partial charge in [0.05, 0.1) is 5.69 Å². The van der Waals surface area contributed by atoms with Crippen LogP contribution in [0.3, 0.4) is 0 Å². The average molecular weight is 226 g/mol. The highest BCUT2D eigenvalue weighted by atomic mass is 19.1. The molecule has 0 aliphatic heterocycles. The van der Waals surface area contributed by atoms with E-state index in [0.29, 0.717) is 18.7 Å². The van der Waals surface area contributed by atoms with E-state index in [9.17, 15) is 4.39 Å². The smallest absolute Gasteiger partial charge is 0.186 e. The van der Waals surface area contributed by atoms with Crippen LogP contribution in [0.2, 0.25) is 0 Å². The molecule has 5 heteroatoms. The standard InChI is InChI=1S/C11H19FN4/c1-3-5-8(13)6-14-11-10(12)9(4-2)15-7-16-11/h7-8H,3-6,13H2,1-2H3,(H,14,15,16). The van der Waals surface area contributed by atoms with E-state index in [1.807, 2.05) is 6.92 Å². The van der Waals surface area contributed by atoms with Crippen molar-refractivity contribution in [2.24, 2.45) is 5.73 Å². The lowest BCUT2D eigenvalue weighted by Gasteiger charge is -2.12. The first-order valence-electron chi connectivity index (χ1n) is 5.67. The minimum absolute atomic E-state index is 0.0319. The molecular formula is C11H19FN4. The van der Waals surface area contributed by atoms with Crippen molar-refractivity contribution < 1.29 is 4.39 Å². The second-order valence-electron chi connectivity index (χ2n) is 3.77. The Balaban J connectivity index is 2.60. The van der Waals surface area contributed by atoms with E-state index in [1.54, 1.807) is 0 Å². The maximum Gasteiger partial charge on any atom is 0.186 e. The fourth-order valence-corrected chi connectivity index (χ4v) is 1.48. The van der Waals surface area contributed by atoms with Gasteiger partial charge in [0.15, 0.2) is 11.6 Å². The summed E-state index contributed by atoms with van der Waals surface area (Å²) in [6, 6.07) is 0.0319. The molecule has 0 saturated heterocycles. The number of nitrogens with two attached hydrogens (primary N) is 1. The molecule has 0 saturated carbocycles. The molecule has 0 aliphatic rings. The van der Waals surface area contributed by atoms with Crippen molar-refractivity contribution in [3.63, 3.8) is 0 Å². The van der Waals surface area contributed by atoms with E-state index >= 15 is 0 Å². The van der Waals surface area contributed by atoms with Crippen LogP contribution >= 0.6 is 0 Å². The molecule has 16 heavy (non-hydrogen) atoms. The molecule has 0 amide bonds. The van der Waals surface area contributed by atoms with Crippen LogP contribution in [-0.2, 0) is 6.42 Å². The van der Waals surface area contributed by atoms with Crippen molar-refractivity contribution >= 4 is 5.82 Å². The van der Waals surface area contributed by atoms with Crippen molar-refractivity contribution in [3.8, 4) is 0 Å². The molecule has 1 aromatic rings. The summed E-state index contributed by atoms with van der Waals surface area (Å²) in [6.45, 7) is 4.46. The van der Waals surface area contributed by atoms with Gasteiger partial charge in [-0.15, -0.1) is 0 Å². The number of halogens is 1. The summed E-state index contributed by atoms with van der Waals surface area (Å²) in [4.78, 5) is 7.73. The van der Waals surface area contributed by atoms with E-state index in [2.05, 4.69) is 22.2 Å². The number of nitrogens with one attached hydrogen (secondary N) is 1. The predicted octanol–water partition coefficient (Wildman–Crippen LogP) is 1.72. The zero-order valence-corrected chi connectivity index (χ0v) is 9.83. The van der Waals surface area contributed by atoms with Crippen LogP contribution in [0.4, 0.5) is 10.2 Å². The van der Waals surface area contributed by atoms with Gasteiger partial charge in [-0.2, -0.15) is 0 Å². The summed E-state index contributed by atoms with van der Waals surface area (Å²) < 4.78 is 13.7. The predicted molar refractivity (Wildman–Crippen MR) is 62.7 cm³/mol. The lowest BCUT2D eigenvalue weighted by molar-refractivity contribution is 0.588. The first-order valence-corrected chi connectivity index (χ1v) is 5.67. The Kier molecular flexibility index (Phi) is 5.11. The number of hydrogen-bond acceptors (Lipinski definition) is 4. The number of hydrogen-bond donors (Lipinski definition) is 2. The van der Waals surface area contributed by atoms with Crippen LogP contribution in [0.25, 0.3) is 0 Å². The van der Waals surface area contributed by atoms with Gasteiger partial charge >= 0.3 is 0 Å². The van der Waals surface area contributed by atoms with Gasteiger partial charge in [-0.3, -0.25) is 0 Å². The maximum atomic E-state index is 13.7. The highest BCUT2D eigenvalue weighted by molar-refractivity contribution is 5.37. The summed E-state index contributed by atoms with van der Waals surface area (Å²) in [5.74, 6) is -0.118. The van der Waals surface area contributed by atoms with Gasteiger partial charge in [0.25, 0.3) is 0 Å². The third kappa shape index (κ3) is 3.41. The third-order valence-electron chi connectivity index (χ3n) is 2.39. The molecule has 4 nitrogen and oxygen atoms in total. The van der Waals surface area contributed by atoms with Gasteiger partial charge in [-0.1, -0.05) is 20.3 Å². The fourth-order valence-electron chi connectivity index (χ4n) is 1.48. The van der Waals surface area contributed by atoms with Gasteiger partial charge in [0.1, 0.15) is 6.33 Å². The molecular weight excluding hydrogens is 207 g/mol. The number of aromatic nitrogens is 2. The Morgan fingerprint density at radius 2 is 2.19 bits per heavy atom. The van der Waals surface area contributed by atoms with E-state index in [1.165, 1.54) is 6.33 Å². The van der Waals surface area contributed by atoms with Gasteiger partial charge in [-0.05, 0) is 12.8 Å². The number of nitrogens with zero attached hydrogens (tertiary/aromatic N) is 2. The molecule has 0 bridgehead atoms. The highest BCUT2D eigenvalue weighted by Gasteiger charge is 2.10. The number of anilines is 1. The summed E-state index contributed by atoms with van der Waals surface area (Å²) in [7, 11) is 0. The number of rotatable bonds is 6. The molecule has 90 valence electrons. The Morgan fingerprint density at radius 3 is 2.81 bits per heavy atom. The van der Waals surface area contributed by atoms with Crippen molar-refractivity contribution in [1.82, 2.24) is 9.97 Å². The lowest BCUT2D eigenvalue weighted by atomic mass is 10.2. The molecule has 0 aromatic carbocycles. The van der Waals surface area contributed by atoms with Crippen molar-refractivity contribution in [1.29, 1.82) is 0 Å². The SMILES string of the molecule is CCCC(N)CNc1ncnc(CC)c1F. The Labute approximate surface area is 95.5 Å². The highest BCUT2D eigenvalue weighted by Crippen LogP contribution is 2.13. The molecule has 1 atom stereocenters. The Hall–Kier alpha value is -1.23. The van der Waals surface area contributed by atoms with E-state index in [0.717, 1.165) is 12.8 Å². The molecule has 0 spiro atoms. The summed E-state index contributed by atoms with van der Waals surface area (Å²) in [6.07, 6.45) is 3.87. The third-order valence-corrected chi connectivity index (χ3v) is 2.39. The lowest BCUT2D eigenvalue weighted by Crippen LogP contribution is -2.29. The van der Waals surface area contributed by atoms with Crippen LogP contribution < -0.4 is 11.1 Å². The van der Waals surface area contributed by atoms with Crippen LogP contribution in [0.15, 0.2) is 6.33 Å². The van der Waals surface area contributed by atoms with Crippen molar-refractivity contribution in [2.75, 3.05) is 11.9 Å². The van der Waals surface area contributed by atoms with E-state index in [-0.39, 0.29) is 17.7 Å². The van der Waals surface area contributed by atoms with Gasteiger partial charge in [0, 0.05) is 12.6 Å². The van der Waals surface area contributed by atoms with Gasteiger partial charge in [0.2, 0.25) is 0 Å². The average Bonchev–Trinajstić information content (AvgIpc) is 2.28. The minimum atomic E-state index is -0.367. The molecule has 0 radical (unpaired) electrons. The first-order chi connectivity index (χ1) is 7.69. The van der Waals surface area contributed by atoms with Crippen molar-refractivity contribution in [3.05, 3.63) is 17.8 Å². The molecule has 0 aliphatic carbocycles. The quantitative estimate of drug-likeness (QED) is 0.775.